The molecule has 1 aromatic rings. The van der Waals surface area contributed by atoms with Crippen LogP contribution >= 0.6 is 11.6 Å². The fraction of sp³-hybridized carbons (Fsp3) is 0.250. The summed E-state index contributed by atoms with van der Waals surface area (Å²) in [6.07, 6.45) is 6.06. The fourth-order valence-corrected chi connectivity index (χ4v) is 2.19. The van der Waals surface area contributed by atoms with Gasteiger partial charge >= 0.3 is 0 Å². The molecule has 0 unspecified atom stereocenters. The van der Waals surface area contributed by atoms with Crippen molar-refractivity contribution in [3.63, 3.8) is 0 Å². The lowest BCUT2D eigenvalue weighted by atomic mass is 10.3. The quantitative estimate of drug-likeness (QED) is 0.537. The Labute approximate surface area is 122 Å². The van der Waals surface area contributed by atoms with Crippen LogP contribution in [-0.2, 0) is 14.8 Å². The summed E-state index contributed by atoms with van der Waals surface area (Å²) in [5.41, 5.74) is 0.708. The minimum atomic E-state index is -3.40. The van der Waals surface area contributed by atoms with E-state index < -0.39 is 10.0 Å². The highest BCUT2D eigenvalue weighted by atomic mass is 35.5. The number of amides is 1. The van der Waals surface area contributed by atoms with Gasteiger partial charge in [0.1, 0.15) is 0 Å². The van der Waals surface area contributed by atoms with Crippen LogP contribution in [0.15, 0.2) is 18.2 Å². The van der Waals surface area contributed by atoms with Crippen LogP contribution in [0, 0.1) is 12.3 Å². The predicted molar refractivity (Wildman–Crippen MR) is 80.3 cm³/mol. The molecule has 1 rings (SSSR count). The van der Waals surface area contributed by atoms with Crippen LogP contribution in [0.4, 0.5) is 11.4 Å². The molecule has 3 N–H and O–H groups in total. The Morgan fingerprint density at radius 2 is 2.15 bits per heavy atom. The van der Waals surface area contributed by atoms with Gasteiger partial charge in [-0.15, -0.1) is 6.42 Å². The number of nitrogens with one attached hydrogen (secondary N) is 3. The maximum atomic E-state index is 11.5. The number of halogens is 1. The molecule has 20 heavy (non-hydrogen) atoms. The van der Waals surface area contributed by atoms with E-state index in [1.807, 2.05) is 0 Å². The van der Waals surface area contributed by atoms with E-state index in [2.05, 4.69) is 21.3 Å². The van der Waals surface area contributed by atoms with Crippen molar-refractivity contribution >= 4 is 38.9 Å². The Balaban J connectivity index is 2.68. The molecule has 1 aromatic carbocycles. The average Bonchev–Trinajstić information content (AvgIpc) is 2.31. The highest BCUT2D eigenvalue weighted by molar-refractivity contribution is 7.92. The Morgan fingerprint density at radius 3 is 2.70 bits per heavy atom. The zero-order valence-corrected chi connectivity index (χ0v) is 12.3. The van der Waals surface area contributed by atoms with Gasteiger partial charge in [0.25, 0.3) is 0 Å². The second-order valence-electron chi connectivity index (χ2n) is 3.92. The maximum Gasteiger partial charge on any atom is 0.238 e. The minimum Gasteiger partial charge on any atom is -0.325 e. The second kappa shape index (κ2) is 7.14. The van der Waals surface area contributed by atoms with Gasteiger partial charge in [0.2, 0.25) is 15.9 Å². The Hall–Kier alpha value is -1.75. The van der Waals surface area contributed by atoms with Crippen LogP contribution in [0.25, 0.3) is 0 Å². The van der Waals surface area contributed by atoms with Crippen molar-refractivity contribution in [3.05, 3.63) is 23.2 Å². The molecule has 0 radical (unpaired) electrons. The summed E-state index contributed by atoms with van der Waals surface area (Å²) in [7, 11) is -3.40. The summed E-state index contributed by atoms with van der Waals surface area (Å²) in [5.74, 6) is 2.07. The first-order valence-electron chi connectivity index (χ1n) is 5.53. The van der Waals surface area contributed by atoms with E-state index in [0.29, 0.717) is 12.2 Å². The first kappa shape index (κ1) is 16.3. The van der Waals surface area contributed by atoms with Crippen LogP contribution in [0.2, 0.25) is 5.02 Å². The molecule has 0 bridgehead atoms. The monoisotopic (exact) mass is 315 g/mol. The SMILES string of the molecule is C#CCNCC(=O)Nc1ccc(NS(C)(=O)=O)c(Cl)c1. The molecule has 0 atom stereocenters. The molecule has 6 nitrogen and oxygen atoms in total. The third-order valence-electron chi connectivity index (χ3n) is 2.06. The molecule has 0 aromatic heterocycles. The molecular weight excluding hydrogens is 302 g/mol. The molecule has 0 spiro atoms. The second-order valence-corrected chi connectivity index (χ2v) is 6.08. The van der Waals surface area contributed by atoms with Crippen LogP contribution in [-0.4, -0.2) is 33.7 Å². The number of carbonyl (C=O) groups is 1. The molecule has 0 aliphatic carbocycles. The van der Waals surface area contributed by atoms with E-state index in [1.54, 1.807) is 6.07 Å². The number of hydrogen-bond acceptors (Lipinski definition) is 4. The van der Waals surface area contributed by atoms with E-state index in [4.69, 9.17) is 18.0 Å². The lowest BCUT2D eigenvalue weighted by molar-refractivity contribution is -0.115. The Morgan fingerprint density at radius 1 is 1.45 bits per heavy atom. The third-order valence-corrected chi connectivity index (χ3v) is 2.96. The predicted octanol–water partition coefficient (Wildman–Crippen LogP) is 0.873. The fourth-order valence-electron chi connectivity index (χ4n) is 1.33. The van der Waals surface area contributed by atoms with Gasteiger partial charge in [0.15, 0.2) is 0 Å². The molecule has 0 aliphatic rings. The summed E-state index contributed by atoms with van der Waals surface area (Å²) >= 11 is 5.93. The Bertz CT molecular complexity index is 638. The molecule has 8 heteroatoms. The number of anilines is 2. The lowest BCUT2D eigenvalue weighted by Gasteiger charge is -2.09. The van der Waals surface area contributed by atoms with Crippen LogP contribution in [0.1, 0.15) is 0 Å². The summed E-state index contributed by atoms with van der Waals surface area (Å²) in [6, 6.07) is 4.46. The first-order valence-corrected chi connectivity index (χ1v) is 7.80. The van der Waals surface area contributed by atoms with Crippen LogP contribution in [0.5, 0.6) is 0 Å². The number of sulfonamides is 1. The van der Waals surface area contributed by atoms with E-state index in [-0.39, 0.29) is 23.2 Å². The van der Waals surface area contributed by atoms with Gasteiger partial charge in [-0.05, 0) is 18.2 Å². The lowest BCUT2D eigenvalue weighted by Crippen LogP contribution is -2.28. The number of hydrogen-bond donors (Lipinski definition) is 3. The largest absolute Gasteiger partial charge is 0.325 e. The number of rotatable bonds is 6. The maximum absolute atomic E-state index is 11.5. The summed E-state index contributed by atoms with van der Waals surface area (Å²) in [4.78, 5) is 11.5. The van der Waals surface area contributed by atoms with Crippen molar-refractivity contribution in [3.8, 4) is 12.3 Å². The molecule has 1 amide bonds. The normalized spacial score (nSPS) is 10.7. The zero-order valence-electron chi connectivity index (χ0n) is 10.7. The van der Waals surface area contributed by atoms with Crippen molar-refractivity contribution in [1.29, 1.82) is 0 Å². The van der Waals surface area contributed by atoms with Crippen molar-refractivity contribution in [1.82, 2.24) is 5.32 Å². The number of carbonyl (C=O) groups excluding carboxylic acids is 1. The molecule has 0 saturated heterocycles. The molecule has 108 valence electrons. The van der Waals surface area contributed by atoms with Gasteiger partial charge in [-0.1, -0.05) is 17.5 Å². The topological polar surface area (TPSA) is 87.3 Å². The van der Waals surface area contributed by atoms with Gasteiger partial charge < -0.3 is 5.32 Å². The number of terminal acetylenes is 1. The summed E-state index contributed by atoms with van der Waals surface area (Å²) in [5, 5.41) is 5.52. The molecule has 0 aliphatic heterocycles. The van der Waals surface area contributed by atoms with E-state index in [9.17, 15) is 13.2 Å². The minimum absolute atomic E-state index is 0.0746. The third kappa shape index (κ3) is 5.93. The van der Waals surface area contributed by atoms with E-state index in [1.165, 1.54) is 12.1 Å². The highest BCUT2D eigenvalue weighted by Crippen LogP contribution is 2.26. The standard InChI is InChI=1S/C12H14ClN3O3S/c1-3-6-14-8-12(17)15-9-4-5-11(10(13)7-9)16-20(2,18)19/h1,4-5,7,14,16H,6,8H2,2H3,(H,15,17). The number of benzene rings is 1. The zero-order chi connectivity index (χ0) is 15.2. The van der Waals surface area contributed by atoms with Gasteiger partial charge in [0, 0.05) is 5.69 Å². The summed E-state index contributed by atoms with van der Waals surface area (Å²) < 4.78 is 24.5. The average molecular weight is 316 g/mol. The van der Waals surface area contributed by atoms with E-state index >= 15 is 0 Å². The van der Waals surface area contributed by atoms with Gasteiger partial charge in [0.05, 0.1) is 30.1 Å². The summed E-state index contributed by atoms with van der Waals surface area (Å²) in [6.45, 7) is 0.372. The van der Waals surface area contributed by atoms with Gasteiger partial charge in [-0.25, -0.2) is 8.42 Å². The molecular formula is C12H14ClN3O3S. The van der Waals surface area contributed by atoms with Crippen molar-refractivity contribution < 1.29 is 13.2 Å². The molecule has 0 heterocycles. The van der Waals surface area contributed by atoms with Crippen molar-refractivity contribution in [2.24, 2.45) is 0 Å². The Kier molecular flexibility index (Phi) is 5.82. The van der Waals surface area contributed by atoms with Gasteiger partial charge in [-0.2, -0.15) is 0 Å². The van der Waals surface area contributed by atoms with Crippen LogP contribution in [0.3, 0.4) is 0 Å². The smallest absolute Gasteiger partial charge is 0.238 e. The van der Waals surface area contributed by atoms with Gasteiger partial charge in [-0.3, -0.25) is 14.8 Å². The molecule has 0 saturated carbocycles. The highest BCUT2D eigenvalue weighted by Gasteiger charge is 2.08. The van der Waals surface area contributed by atoms with E-state index in [0.717, 1.165) is 6.26 Å². The van der Waals surface area contributed by atoms with Crippen molar-refractivity contribution in [2.45, 2.75) is 0 Å². The van der Waals surface area contributed by atoms with Crippen LogP contribution < -0.4 is 15.4 Å². The van der Waals surface area contributed by atoms with Crippen molar-refractivity contribution in [2.75, 3.05) is 29.4 Å². The molecule has 0 fully saturated rings. The first-order chi connectivity index (χ1) is 9.31.